The molecular formula is C13H14BrN3O2. The zero-order valence-corrected chi connectivity index (χ0v) is 12.3. The van der Waals surface area contributed by atoms with Gasteiger partial charge in [-0.05, 0) is 6.07 Å². The minimum absolute atomic E-state index is 0.401. The van der Waals surface area contributed by atoms with Crippen LogP contribution in [0.25, 0.3) is 0 Å². The second kappa shape index (κ2) is 6.38. The summed E-state index contributed by atoms with van der Waals surface area (Å²) in [6, 6.07) is 7.86. The first-order valence-electron chi connectivity index (χ1n) is 5.69. The van der Waals surface area contributed by atoms with Crippen molar-refractivity contribution in [1.82, 2.24) is 9.97 Å². The van der Waals surface area contributed by atoms with Gasteiger partial charge in [0.25, 0.3) is 5.88 Å². The van der Waals surface area contributed by atoms with E-state index >= 15 is 0 Å². The summed E-state index contributed by atoms with van der Waals surface area (Å²) in [7, 11) is 3.33. The van der Waals surface area contributed by atoms with Crippen molar-refractivity contribution >= 4 is 21.7 Å². The molecule has 1 aromatic heterocycles. The molecule has 0 aliphatic rings. The highest BCUT2D eigenvalue weighted by atomic mass is 79.9. The molecule has 1 heterocycles. The van der Waals surface area contributed by atoms with Crippen LogP contribution in [-0.2, 0) is 6.61 Å². The lowest BCUT2D eigenvalue weighted by Crippen LogP contribution is -2.04. The summed E-state index contributed by atoms with van der Waals surface area (Å²) in [5, 5.41) is 2.93. The van der Waals surface area contributed by atoms with Crippen LogP contribution in [0.3, 0.4) is 0 Å². The molecule has 0 radical (unpaired) electrons. The number of rotatable bonds is 5. The lowest BCUT2D eigenvalue weighted by Gasteiger charge is -2.12. The van der Waals surface area contributed by atoms with Crippen LogP contribution in [0, 0.1) is 0 Å². The second-order valence-corrected chi connectivity index (χ2v) is 4.55. The number of nitrogens with zero attached hydrogens (tertiary/aromatic N) is 2. The third-order valence-corrected chi connectivity index (χ3v) is 3.31. The summed E-state index contributed by atoms with van der Waals surface area (Å²) >= 11 is 3.48. The van der Waals surface area contributed by atoms with Crippen LogP contribution >= 0.6 is 15.9 Å². The van der Waals surface area contributed by atoms with E-state index in [-0.39, 0.29) is 0 Å². The Bertz CT molecular complexity index is 563. The fourth-order valence-corrected chi connectivity index (χ4v) is 1.98. The average molecular weight is 324 g/mol. The van der Waals surface area contributed by atoms with E-state index in [2.05, 4.69) is 31.2 Å². The van der Waals surface area contributed by atoms with Crippen LogP contribution in [0.5, 0.6) is 11.6 Å². The Morgan fingerprint density at radius 1 is 1.26 bits per heavy atom. The lowest BCUT2D eigenvalue weighted by atomic mass is 10.2. The number of aromatic nitrogens is 2. The molecule has 0 unspecified atom stereocenters. The van der Waals surface area contributed by atoms with E-state index in [1.807, 2.05) is 24.3 Å². The molecule has 0 saturated carbocycles. The van der Waals surface area contributed by atoms with E-state index in [0.717, 1.165) is 10.0 Å². The molecule has 5 nitrogen and oxygen atoms in total. The minimum Gasteiger partial charge on any atom is -0.489 e. The Labute approximate surface area is 120 Å². The van der Waals surface area contributed by atoms with Gasteiger partial charge in [0, 0.05) is 17.1 Å². The molecule has 0 bridgehead atoms. The lowest BCUT2D eigenvalue weighted by molar-refractivity contribution is 0.271. The maximum atomic E-state index is 5.69. The van der Waals surface area contributed by atoms with Crippen molar-refractivity contribution in [3.63, 3.8) is 0 Å². The number of nitrogens with one attached hydrogen (secondary N) is 1. The zero-order valence-electron chi connectivity index (χ0n) is 10.7. The summed E-state index contributed by atoms with van der Waals surface area (Å²) in [4.78, 5) is 8.15. The van der Waals surface area contributed by atoms with Gasteiger partial charge in [0.15, 0.2) is 5.82 Å². The Kier molecular flexibility index (Phi) is 4.57. The molecule has 0 aliphatic heterocycles. The Hall–Kier alpha value is -1.82. The van der Waals surface area contributed by atoms with Gasteiger partial charge in [0.2, 0.25) is 5.75 Å². The first-order chi connectivity index (χ1) is 9.26. The summed E-state index contributed by atoms with van der Waals surface area (Å²) in [6.45, 7) is 0.401. The van der Waals surface area contributed by atoms with Gasteiger partial charge in [0.05, 0.1) is 7.11 Å². The Morgan fingerprint density at radius 2 is 2.05 bits per heavy atom. The van der Waals surface area contributed by atoms with Crippen LogP contribution in [0.15, 0.2) is 35.1 Å². The Morgan fingerprint density at radius 3 is 2.74 bits per heavy atom. The van der Waals surface area contributed by atoms with Crippen molar-refractivity contribution in [2.75, 3.05) is 19.5 Å². The van der Waals surface area contributed by atoms with Crippen LogP contribution in [-0.4, -0.2) is 24.1 Å². The number of benzene rings is 1. The third kappa shape index (κ3) is 3.14. The molecule has 2 rings (SSSR count). The van der Waals surface area contributed by atoms with Crippen molar-refractivity contribution in [2.24, 2.45) is 0 Å². The number of methoxy groups -OCH3 is 1. The second-order valence-electron chi connectivity index (χ2n) is 3.69. The van der Waals surface area contributed by atoms with Crippen molar-refractivity contribution in [1.29, 1.82) is 0 Å². The van der Waals surface area contributed by atoms with Gasteiger partial charge in [-0.3, -0.25) is 0 Å². The number of halogens is 1. The first kappa shape index (κ1) is 13.6. The fourth-order valence-electron chi connectivity index (χ4n) is 1.58. The van der Waals surface area contributed by atoms with Gasteiger partial charge in [-0.25, -0.2) is 4.98 Å². The summed E-state index contributed by atoms with van der Waals surface area (Å²) < 4.78 is 12.0. The molecule has 1 N–H and O–H groups in total. The minimum atomic E-state index is 0.401. The van der Waals surface area contributed by atoms with Crippen LogP contribution in [0.4, 0.5) is 5.82 Å². The van der Waals surface area contributed by atoms with Crippen molar-refractivity contribution in [3.8, 4) is 11.6 Å². The van der Waals surface area contributed by atoms with Crippen molar-refractivity contribution < 1.29 is 9.47 Å². The molecule has 0 saturated heterocycles. The number of hydrogen-bond donors (Lipinski definition) is 1. The fraction of sp³-hybridized carbons (Fsp3) is 0.231. The molecule has 0 atom stereocenters. The largest absolute Gasteiger partial charge is 0.489 e. The van der Waals surface area contributed by atoms with E-state index in [0.29, 0.717) is 24.1 Å². The average Bonchev–Trinajstić information content (AvgIpc) is 2.45. The molecule has 1 aromatic carbocycles. The van der Waals surface area contributed by atoms with Gasteiger partial charge >= 0.3 is 0 Å². The Balaban J connectivity index is 2.18. The van der Waals surface area contributed by atoms with Gasteiger partial charge in [-0.15, -0.1) is 0 Å². The maximum absolute atomic E-state index is 5.69. The molecule has 6 heteroatoms. The molecule has 0 spiro atoms. The normalized spacial score (nSPS) is 10.1. The topological polar surface area (TPSA) is 56.3 Å². The SMILES string of the molecule is CNc1ncnc(OCc2ccccc2Br)c1OC. The van der Waals surface area contributed by atoms with E-state index < -0.39 is 0 Å². The molecular weight excluding hydrogens is 310 g/mol. The molecule has 2 aromatic rings. The summed E-state index contributed by atoms with van der Waals surface area (Å²) in [5.74, 6) is 1.51. The predicted octanol–water partition coefficient (Wildman–Crippen LogP) is 2.87. The van der Waals surface area contributed by atoms with Crippen LogP contribution in [0.2, 0.25) is 0 Å². The quantitative estimate of drug-likeness (QED) is 0.916. The molecule has 0 fully saturated rings. The van der Waals surface area contributed by atoms with Crippen molar-refractivity contribution in [2.45, 2.75) is 6.61 Å². The highest BCUT2D eigenvalue weighted by Gasteiger charge is 2.12. The standard InChI is InChI=1S/C13H14BrN3O2/c1-15-12-11(18-2)13(17-8-16-12)19-7-9-5-3-4-6-10(9)14/h3-6,8H,7H2,1-2H3,(H,15,16,17). The first-order valence-corrected chi connectivity index (χ1v) is 6.48. The summed E-state index contributed by atoms with van der Waals surface area (Å²) in [5.41, 5.74) is 1.04. The molecule has 0 amide bonds. The third-order valence-electron chi connectivity index (χ3n) is 2.53. The van der Waals surface area contributed by atoms with E-state index in [9.17, 15) is 0 Å². The zero-order chi connectivity index (χ0) is 13.7. The number of anilines is 1. The monoisotopic (exact) mass is 323 g/mol. The van der Waals surface area contributed by atoms with Gasteiger partial charge < -0.3 is 14.8 Å². The summed E-state index contributed by atoms with van der Waals surface area (Å²) in [6.07, 6.45) is 1.43. The highest BCUT2D eigenvalue weighted by molar-refractivity contribution is 9.10. The number of hydrogen-bond acceptors (Lipinski definition) is 5. The van der Waals surface area contributed by atoms with Gasteiger partial charge in [-0.2, -0.15) is 4.98 Å². The van der Waals surface area contributed by atoms with Crippen LogP contribution < -0.4 is 14.8 Å². The molecule has 100 valence electrons. The van der Waals surface area contributed by atoms with Crippen molar-refractivity contribution in [3.05, 3.63) is 40.6 Å². The smallest absolute Gasteiger partial charge is 0.262 e. The van der Waals surface area contributed by atoms with Gasteiger partial charge in [-0.1, -0.05) is 34.1 Å². The highest BCUT2D eigenvalue weighted by Crippen LogP contribution is 2.31. The molecule has 19 heavy (non-hydrogen) atoms. The van der Waals surface area contributed by atoms with Crippen LogP contribution in [0.1, 0.15) is 5.56 Å². The van der Waals surface area contributed by atoms with E-state index in [1.54, 1.807) is 14.2 Å². The van der Waals surface area contributed by atoms with E-state index in [4.69, 9.17) is 9.47 Å². The molecule has 0 aliphatic carbocycles. The maximum Gasteiger partial charge on any atom is 0.262 e. The number of ether oxygens (including phenoxy) is 2. The predicted molar refractivity (Wildman–Crippen MR) is 76.6 cm³/mol. The van der Waals surface area contributed by atoms with Gasteiger partial charge in [0.1, 0.15) is 12.9 Å². The van der Waals surface area contributed by atoms with E-state index in [1.165, 1.54) is 6.33 Å².